The first kappa shape index (κ1) is 32.2. The fraction of sp³-hybridized carbons (Fsp3) is 0.606. The number of carbonyl (C=O) groups excluding carboxylic acids is 3. The molecule has 8 nitrogen and oxygen atoms in total. The van der Waals surface area contributed by atoms with Gasteiger partial charge >= 0.3 is 5.97 Å². The molecule has 2 amide bonds. The Bertz CT molecular complexity index is 1180. The molecule has 0 aromatic heterocycles. The van der Waals surface area contributed by atoms with E-state index in [-0.39, 0.29) is 37.5 Å². The maximum atomic E-state index is 14.8. The highest BCUT2D eigenvalue weighted by atomic mass is 35.5. The standard InChI is InChI=1S/C33H45ClN2O6/c1-6-8-9-13-20-41-31(40)26-25-29(38)36(18-11-10-12-19-37)28(33(25)21-23(4)32(26,5)42-33)30(39)35(17-7-2)27-22(3)15-14-16-24(27)34/h6-7,14-16,23,25-26,28,37H,1-2,8-13,17-21H2,3-5H3/t23?,25-,26+,28?,32-,33?/m0/s1. The van der Waals surface area contributed by atoms with Crippen molar-refractivity contribution >= 4 is 35.1 Å². The quantitative estimate of drug-likeness (QED) is 0.168. The van der Waals surface area contributed by atoms with E-state index >= 15 is 0 Å². The van der Waals surface area contributed by atoms with Crippen LogP contribution in [0.15, 0.2) is 43.5 Å². The largest absolute Gasteiger partial charge is 0.465 e. The minimum atomic E-state index is -1.18. The number of amides is 2. The van der Waals surface area contributed by atoms with E-state index in [0.717, 1.165) is 18.4 Å². The predicted molar refractivity (Wildman–Crippen MR) is 163 cm³/mol. The third-order valence-electron chi connectivity index (χ3n) is 9.44. The second-order valence-corrected chi connectivity index (χ2v) is 12.5. The molecule has 3 fully saturated rings. The third kappa shape index (κ3) is 5.53. The van der Waals surface area contributed by atoms with Gasteiger partial charge in [0.25, 0.3) is 5.91 Å². The predicted octanol–water partition coefficient (Wildman–Crippen LogP) is 5.24. The fourth-order valence-electron chi connectivity index (χ4n) is 7.37. The number of carbonyl (C=O) groups is 3. The lowest BCUT2D eigenvalue weighted by Crippen LogP contribution is -2.57. The van der Waals surface area contributed by atoms with E-state index in [9.17, 15) is 19.5 Å². The lowest BCUT2D eigenvalue weighted by Gasteiger charge is -2.37. The maximum absolute atomic E-state index is 14.8. The first-order valence-corrected chi connectivity index (χ1v) is 15.5. The number of anilines is 1. The highest BCUT2D eigenvalue weighted by molar-refractivity contribution is 6.34. The van der Waals surface area contributed by atoms with E-state index in [4.69, 9.17) is 21.1 Å². The average Bonchev–Trinajstić information content (AvgIpc) is 3.46. The van der Waals surface area contributed by atoms with Crippen LogP contribution in [0.1, 0.15) is 64.4 Å². The topological polar surface area (TPSA) is 96.4 Å². The number of nitrogens with zero attached hydrogens (tertiary/aromatic N) is 2. The molecule has 0 aliphatic carbocycles. The van der Waals surface area contributed by atoms with Crippen LogP contribution in [0, 0.1) is 24.7 Å². The van der Waals surface area contributed by atoms with E-state index in [1.165, 1.54) is 0 Å². The Hall–Kier alpha value is -2.68. The molecule has 4 rings (SSSR count). The fourth-order valence-corrected chi connectivity index (χ4v) is 7.70. The molecule has 3 unspecified atom stereocenters. The van der Waals surface area contributed by atoms with Crippen LogP contribution in [-0.2, 0) is 23.9 Å². The van der Waals surface area contributed by atoms with Crippen LogP contribution < -0.4 is 4.90 Å². The van der Waals surface area contributed by atoms with Gasteiger partial charge < -0.3 is 24.4 Å². The summed E-state index contributed by atoms with van der Waals surface area (Å²) in [7, 11) is 0. The molecule has 1 aromatic rings. The van der Waals surface area contributed by atoms with Crippen LogP contribution >= 0.6 is 11.6 Å². The minimum absolute atomic E-state index is 0.0570. The van der Waals surface area contributed by atoms with Crippen molar-refractivity contribution in [1.82, 2.24) is 4.90 Å². The highest BCUT2D eigenvalue weighted by Crippen LogP contribution is 2.65. The van der Waals surface area contributed by atoms with E-state index in [1.807, 2.05) is 39.0 Å². The molecule has 1 spiro atoms. The van der Waals surface area contributed by atoms with Crippen LogP contribution in [0.25, 0.3) is 0 Å². The Morgan fingerprint density at radius 2 is 1.98 bits per heavy atom. The number of benzene rings is 1. The third-order valence-corrected chi connectivity index (χ3v) is 9.75. The molecule has 3 aliphatic rings. The van der Waals surface area contributed by atoms with Gasteiger partial charge in [-0.3, -0.25) is 14.4 Å². The van der Waals surface area contributed by atoms with Crippen molar-refractivity contribution in [2.45, 2.75) is 83.0 Å². The Morgan fingerprint density at radius 1 is 1.21 bits per heavy atom. The number of aryl methyl sites for hydroxylation is 1. The number of hydrogen-bond acceptors (Lipinski definition) is 6. The van der Waals surface area contributed by atoms with Gasteiger partial charge in [0, 0.05) is 19.7 Å². The Balaban J connectivity index is 1.74. The number of halogens is 1. The zero-order chi connectivity index (χ0) is 30.7. The molecule has 9 heteroatoms. The molecule has 0 radical (unpaired) electrons. The van der Waals surface area contributed by atoms with Crippen molar-refractivity contribution < 1.29 is 29.0 Å². The van der Waals surface area contributed by atoms with Crippen molar-refractivity contribution in [3.8, 4) is 0 Å². The average molecular weight is 601 g/mol. The lowest BCUT2D eigenvalue weighted by atomic mass is 9.62. The molecule has 6 atom stereocenters. The van der Waals surface area contributed by atoms with Gasteiger partial charge in [0.05, 0.1) is 28.8 Å². The summed E-state index contributed by atoms with van der Waals surface area (Å²) >= 11 is 6.64. The number of hydrogen-bond donors (Lipinski definition) is 1. The maximum Gasteiger partial charge on any atom is 0.312 e. The number of esters is 1. The Morgan fingerprint density at radius 3 is 2.64 bits per heavy atom. The monoisotopic (exact) mass is 600 g/mol. The van der Waals surface area contributed by atoms with E-state index in [1.54, 1.807) is 21.9 Å². The van der Waals surface area contributed by atoms with Crippen LogP contribution in [0.3, 0.4) is 0 Å². The van der Waals surface area contributed by atoms with Gasteiger partial charge in [0.15, 0.2) is 0 Å². The van der Waals surface area contributed by atoms with Gasteiger partial charge in [-0.15, -0.1) is 13.2 Å². The number of allylic oxidation sites excluding steroid dienone is 1. The van der Waals surface area contributed by atoms with Gasteiger partial charge in [0.1, 0.15) is 17.6 Å². The molecule has 1 aromatic carbocycles. The minimum Gasteiger partial charge on any atom is -0.465 e. The van der Waals surface area contributed by atoms with E-state index in [2.05, 4.69) is 13.2 Å². The zero-order valence-corrected chi connectivity index (χ0v) is 25.9. The van der Waals surface area contributed by atoms with Crippen LogP contribution in [0.4, 0.5) is 5.69 Å². The molecular formula is C33H45ClN2O6. The summed E-state index contributed by atoms with van der Waals surface area (Å²) in [4.78, 5) is 46.0. The number of rotatable bonds is 15. The number of unbranched alkanes of at least 4 members (excludes halogenated alkanes) is 4. The van der Waals surface area contributed by atoms with Gasteiger partial charge in [-0.1, -0.05) is 42.8 Å². The van der Waals surface area contributed by atoms with Crippen LogP contribution in [-0.4, -0.2) is 71.3 Å². The number of ether oxygens (including phenoxy) is 2. The molecule has 230 valence electrons. The highest BCUT2D eigenvalue weighted by Gasteiger charge is 2.80. The number of likely N-dealkylation sites (tertiary alicyclic amines) is 1. The van der Waals surface area contributed by atoms with E-state index < -0.39 is 35.0 Å². The summed E-state index contributed by atoms with van der Waals surface area (Å²) < 4.78 is 12.6. The normalized spacial score (nSPS) is 29.5. The molecule has 42 heavy (non-hydrogen) atoms. The summed E-state index contributed by atoms with van der Waals surface area (Å²) in [5, 5.41) is 9.73. The van der Waals surface area contributed by atoms with Crippen molar-refractivity contribution in [2.75, 3.05) is 31.2 Å². The van der Waals surface area contributed by atoms with Gasteiger partial charge in [0.2, 0.25) is 5.91 Å². The summed E-state index contributed by atoms with van der Waals surface area (Å²) in [6.07, 6.45) is 8.25. The molecule has 3 aliphatic heterocycles. The van der Waals surface area contributed by atoms with Gasteiger partial charge in [-0.2, -0.15) is 0 Å². The smallest absolute Gasteiger partial charge is 0.312 e. The Kier molecular flexibility index (Phi) is 10.2. The SMILES string of the molecule is C=CCCCCOC(=O)[C@H]1[C@H]2C(=O)N(CCCCCO)C(C(=O)N(CC=C)c3c(C)cccc3Cl)C23CC(C)[C@]1(C)O3. The van der Waals surface area contributed by atoms with Crippen molar-refractivity contribution in [2.24, 2.45) is 17.8 Å². The molecule has 2 bridgehead atoms. The van der Waals surface area contributed by atoms with E-state index in [0.29, 0.717) is 49.4 Å². The molecule has 1 N–H and O–H groups in total. The second-order valence-electron chi connectivity index (χ2n) is 12.1. The Labute approximate surface area is 254 Å². The lowest BCUT2D eigenvalue weighted by molar-refractivity contribution is -0.161. The van der Waals surface area contributed by atoms with Crippen LogP contribution in [0.2, 0.25) is 5.02 Å². The first-order valence-electron chi connectivity index (χ1n) is 15.2. The second kappa shape index (κ2) is 13.3. The van der Waals surface area contributed by atoms with Gasteiger partial charge in [-0.05, 0) is 76.3 Å². The number of para-hydroxylation sites is 1. The molecule has 3 saturated heterocycles. The van der Waals surface area contributed by atoms with Crippen LogP contribution in [0.5, 0.6) is 0 Å². The van der Waals surface area contributed by atoms with Crippen molar-refractivity contribution in [3.63, 3.8) is 0 Å². The number of aliphatic hydroxyl groups excluding tert-OH is 1. The van der Waals surface area contributed by atoms with Crippen molar-refractivity contribution in [3.05, 3.63) is 54.1 Å². The zero-order valence-electron chi connectivity index (χ0n) is 25.1. The van der Waals surface area contributed by atoms with Crippen molar-refractivity contribution in [1.29, 1.82) is 0 Å². The molecular weight excluding hydrogens is 556 g/mol. The summed E-state index contributed by atoms with van der Waals surface area (Å²) in [6.45, 7) is 14.2. The van der Waals surface area contributed by atoms with Gasteiger partial charge in [-0.25, -0.2) is 0 Å². The number of fused-ring (bicyclic) bond motifs is 1. The summed E-state index contributed by atoms with van der Waals surface area (Å²) in [5.74, 6) is -2.74. The first-order chi connectivity index (χ1) is 20.1. The summed E-state index contributed by atoms with van der Waals surface area (Å²) in [5.41, 5.74) is -0.733. The number of aliphatic hydroxyl groups is 1. The summed E-state index contributed by atoms with van der Waals surface area (Å²) in [6, 6.07) is 4.51. The molecule has 0 saturated carbocycles. The molecule has 3 heterocycles.